The van der Waals surface area contributed by atoms with E-state index in [1.54, 1.807) is 25.1 Å². The van der Waals surface area contributed by atoms with Crippen molar-refractivity contribution >= 4 is 39.2 Å². The summed E-state index contributed by atoms with van der Waals surface area (Å²) < 4.78 is 30.0. The molecule has 0 saturated carbocycles. The number of imidazole rings is 1. The van der Waals surface area contributed by atoms with Crippen molar-refractivity contribution in [3.63, 3.8) is 0 Å². The van der Waals surface area contributed by atoms with Crippen LogP contribution in [-0.4, -0.2) is 9.55 Å². The summed E-state index contributed by atoms with van der Waals surface area (Å²) in [5.41, 5.74) is 2.25. The molecule has 1 aromatic heterocycles. The lowest BCUT2D eigenvalue weighted by atomic mass is 10.2. The van der Waals surface area contributed by atoms with Crippen molar-refractivity contribution in [2.75, 3.05) is 0 Å². The lowest BCUT2D eigenvalue weighted by Crippen LogP contribution is -1.98. The van der Waals surface area contributed by atoms with E-state index < -0.39 is 11.6 Å². The standard InChI is InChI=1S/C14H9BrF2N2S/c1-7-2-3-12(10(17)4-7)19-13-6-9(16)8(15)5-11(13)18-14(19)20/h2-6H,1H3,(H,18,20). The Bertz CT molecular complexity index is 883. The molecule has 0 radical (unpaired) electrons. The van der Waals surface area contributed by atoms with Gasteiger partial charge < -0.3 is 4.98 Å². The summed E-state index contributed by atoms with van der Waals surface area (Å²) in [6.07, 6.45) is 0. The number of aryl methyl sites for hydroxylation is 1. The van der Waals surface area contributed by atoms with Crippen molar-refractivity contribution in [1.82, 2.24) is 9.55 Å². The molecule has 3 rings (SSSR count). The van der Waals surface area contributed by atoms with Gasteiger partial charge in [0.05, 0.1) is 21.2 Å². The van der Waals surface area contributed by atoms with Gasteiger partial charge in [0.15, 0.2) is 4.77 Å². The normalized spacial score (nSPS) is 11.2. The first-order chi connectivity index (χ1) is 9.47. The third-order valence-corrected chi connectivity index (χ3v) is 3.96. The Morgan fingerprint density at radius 2 is 1.90 bits per heavy atom. The molecule has 2 aromatic carbocycles. The quantitative estimate of drug-likeness (QED) is 0.607. The number of nitrogens with one attached hydrogen (secondary N) is 1. The van der Waals surface area contributed by atoms with Gasteiger partial charge in [0.25, 0.3) is 0 Å². The summed E-state index contributed by atoms with van der Waals surface area (Å²) in [5.74, 6) is -0.821. The topological polar surface area (TPSA) is 20.7 Å². The molecule has 0 atom stereocenters. The molecule has 0 aliphatic carbocycles. The van der Waals surface area contributed by atoms with Crippen LogP contribution in [0.15, 0.2) is 34.8 Å². The van der Waals surface area contributed by atoms with Gasteiger partial charge in [0, 0.05) is 6.07 Å². The third-order valence-electron chi connectivity index (χ3n) is 3.07. The molecule has 1 heterocycles. The summed E-state index contributed by atoms with van der Waals surface area (Å²) in [5, 5.41) is 0. The predicted octanol–water partition coefficient (Wildman–Crippen LogP) is 5.04. The molecule has 0 unspecified atom stereocenters. The van der Waals surface area contributed by atoms with Gasteiger partial charge in [0.2, 0.25) is 0 Å². The molecule has 0 amide bonds. The molecule has 0 saturated heterocycles. The summed E-state index contributed by atoms with van der Waals surface area (Å²) in [6.45, 7) is 1.80. The molecule has 20 heavy (non-hydrogen) atoms. The van der Waals surface area contributed by atoms with Gasteiger partial charge in [-0.25, -0.2) is 8.78 Å². The number of rotatable bonds is 1. The zero-order valence-corrected chi connectivity index (χ0v) is 12.8. The Labute approximate surface area is 127 Å². The smallest absolute Gasteiger partial charge is 0.182 e. The number of halogens is 3. The lowest BCUT2D eigenvalue weighted by Gasteiger charge is -2.07. The predicted molar refractivity (Wildman–Crippen MR) is 80.8 cm³/mol. The monoisotopic (exact) mass is 354 g/mol. The molecule has 3 aromatic rings. The van der Waals surface area contributed by atoms with Crippen molar-refractivity contribution in [2.24, 2.45) is 0 Å². The third kappa shape index (κ3) is 2.09. The number of aromatic nitrogens is 2. The first-order valence-corrected chi connectivity index (χ1v) is 7.04. The van der Waals surface area contributed by atoms with Gasteiger partial charge in [0.1, 0.15) is 11.6 Å². The average Bonchev–Trinajstić information content (AvgIpc) is 2.66. The molecule has 0 aliphatic heterocycles. The van der Waals surface area contributed by atoms with Gasteiger partial charge >= 0.3 is 0 Å². The second kappa shape index (κ2) is 4.79. The molecular weight excluding hydrogens is 346 g/mol. The van der Waals surface area contributed by atoms with E-state index in [-0.39, 0.29) is 0 Å². The highest BCUT2D eigenvalue weighted by atomic mass is 79.9. The Balaban J connectivity index is 2.39. The van der Waals surface area contributed by atoms with Gasteiger partial charge in [-0.1, -0.05) is 6.07 Å². The SMILES string of the molecule is Cc1ccc(-n2c(=S)[nH]c3cc(Br)c(F)cc32)c(F)c1. The second-order valence-electron chi connectivity index (χ2n) is 4.50. The van der Waals surface area contributed by atoms with Crippen molar-refractivity contribution in [2.45, 2.75) is 6.92 Å². The highest BCUT2D eigenvalue weighted by molar-refractivity contribution is 9.10. The Morgan fingerprint density at radius 3 is 2.60 bits per heavy atom. The maximum absolute atomic E-state index is 14.1. The van der Waals surface area contributed by atoms with Gasteiger partial charge in [-0.3, -0.25) is 4.57 Å². The molecule has 0 aliphatic rings. The van der Waals surface area contributed by atoms with E-state index in [1.807, 2.05) is 0 Å². The number of H-pyrrole nitrogens is 1. The van der Waals surface area contributed by atoms with Crippen LogP contribution < -0.4 is 0 Å². The van der Waals surface area contributed by atoms with Gasteiger partial charge in [-0.05, 0) is 58.8 Å². The first kappa shape index (κ1) is 13.5. The summed E-state index contributed by atoms with van der Waals surface area (Å²) in [6, 6.07) is 7.75. The number of nitrogens with zero attached hydrogens (tertiary/aromatic N) is 1. The van der Waals surface area contributed by atoms with Crippen LogP contribution in [0.3, 0.4) is 0 Å². The summed E-state index contributed by atoms with van der Waals surface area (Å²) in [4.78, 5) is 2.95. The molecule has 0 spiro atoms. The van der Waals surface area contributed by atoms with Crippen LogP contribution in [0.5, 0.6) is 0 Å². The number of benzene rings is 2. The van der Waals surface area contributed by atoms with E-state index in [9.17, 15) is 8.78 Å². The average molecular weight is 355 g/mol. The zero-order valence-electron chi connectivity index (χ0n) is 10.4. The molecular formula is C14H9BrF2N2S. The van der Waals surface area contributed by atoms with Gasteiger partial charge in [-0.15, -0.1) is 0 Å². The Hall–Kier alpha value is -1.53. The van der Waals surface area contributed by atoms with Crippen LogP contribution in [0.1, 0.15) is 5.56 Å². The maximum atomic E-state index is 14.1. The number of hydrogen-bond acceptors (Lipinski definition) is 1. The van der Waals surface area contributed by atoms with E-state index in [0.717, 1.165) is 5.56 Å². The summed E-state index contributed by atoms with van der Waals surface area (Å²) >= 11 is 8.33. The van der Waals surface area contributed by atoms with Crippen molar-refractivity contribution in [1.29, 1.82) is 0 Å². The van der Waals surface area contributed by atoms with Crippen molar-refractivity contribution in [3.05, 3.63) is 56.8 Å². The minimum Gasteiger partial charge on any atom is -0.330 e. The molecule has 102 valence electrons. The number of fused-ring (bicyclic) bond motifs is 1. The fraction of sp³-hybridized carbons (Fsp3) is 0.0714. The number of hydrogen-bond donors (Lipinski definition) is 1. The van der Waals surface area contributed by atoms with Crippen molar-refractivity contribution < 1.29 is 8.78 Å². The maximum Gasteiger partial charge on any atom is 0.182 e. The zero-order chi connectivity index (χ0) is 14.4. The van der Waals surface area contributed by atoms with Crippen LogP contribution in [0.4, 0.5) is 8.78 Å². The molecule has 0 fully saturated rings. The molecule has 1 N–H and O–H groups in total. The van der Waals surface area contributed by atoms with E-state index >= 15 is 0 Å². The summed E-state index contributed by atoms with van der Waals surface area (Å²) in [7, 11) is 0. The van der Waals surface area contributed by atoms with Crippen molar-refractivity contribution in [3.8, 4) is 5.69 Å². The minimum atomic E-state index is -0.423. The Kier molecular flexibility index (Phi) is 3.22. The van der Waals surface area contributed by atoms with Crippen LogP contribution >= 0.6 is 28.1 Å². The van der Waals surface area contributed by atoms with Crippen LogP contribution in [-0.2, 0) is 0 Å². The van der Waals surface area contributed by atoms with Crippen LogP contribution in [0.2, 0.25) is 0 Å². The molecule has 0 bridgehead atoms. The fourth-order valence-corrected chi connectivity index (χ4v) is 2.78. The lowest BCUT2D eigenvalue weighted by molar-refractivity contribution is 0.615. The Morgan fingerprint density at radius 1 is 1.15 bits per heavy atom. The first-order valence-electron chi connectivity index (χ1n) is 5.83. The fourth-order valence-electron chi connectivity index (χ4n) is 2.13. The van der Waals surface area contributed by atoms with E-state index in [0.29, 0.717) is 26.0 Å². The van der Waals surface area contributed by atoms with Crippen LogP contribution in [0, 0.1) is 23.3 Å². The highest BCUT2D eigenvalue weighted by Crippen LogP contribution is 2.26. The minimum absolute atomic E-state index is 0.300. The molecule has 2 nitrogen and oxygen atoms in total. The molecule has 6 heteroatoms. The number of aromatic amines is 1. The van der Waals surface area contributed by atoms with Crippen LogP contribution in [0.25, 0.3) is 16.7 Å². The van der Waals surface area contributed by atoms with E-state index in [4.69, 9.17) is 12.2 Å². The van der Waals surface area contributed by atoms with E-state index in [2.05, 4.69) is 20.9 Å². The van der Waals surface area contributed by atoms with Gasteiger partial charge in [-0.2, -0.15) is 0 Å². The highest BCUT2D eigenvalue weighted by Gasteiger charge is 2.13. The van der Waals surface area contributed by atoms with E-state index in [1.165, 1.54) is 16.7 Å². The second-order valence-corrected chi connectivity index (χ2v) is 5.74. The largest absolute Gasteiger partial charge is 0.330 e.